The van der Waals surface area contributed by atoms with Crippen molar-refractivity contribution >= 4 is 16.1 Å². The van der Waals surface area contributed by atoms with Gasteiger partial charge in [-0.25, -0.2) is 8.47 Å². The number of aryl methyl sites for hydroxylation is 1. The number of benzene rings is 1. The maximum atomic E-state index is 11.2. The molecule has 0 aromatic heterocycles. The largest absolute Gasteiger partial charge is 0.469 e. The van der Waals surface area contributed by atoms with Crippen molar-refractivity contribution in [3.8, 4) is 6.07 Å². The summed E-state index contributed by atoms with van der Waals surface area (Å²) in [6.07, 6.45) is 0.523. The standard InChI is InChI=1S/C12H14N2O4S/c1-3-8-17-19(15,16)18-14-12(9-13)11-6-4-10(2)5-7-11/h4-7H,3,8H2,1-2H3. The molecular weight excluding hydrogens is 268 g/mol. The van der Waals surface area contributed by atoms with E-state index in [0.29, 0.717) is 12.0 Å². The molecule has 0 aliphatic heterocycles. The molecule has 1 rings (SSSR count). The van der Waals surface area contributed by atoms with Crippen LogP contribution >= 0.6 is 0 Å². The van der Waals surface area contributed by atoms with Crippen molar-refractivity contribution in [2.24, 2.45) is 5.16 Å². The molecule has 0 unspecified atom stereocenters. The lowest BCUT2D eigenvalue weighted by atomic mass is 10.1. The van der Waals surface area contributed by atoms with Crippen LogP contribution in [0.5, 0.6) is 0 Å². The highest BCUT2D eigenvalue weighted by Crippen LogP contribution is 2.06. The highest BCUT2D eigenvalue weighted by molar-refractivity contribution is 7.81. The van der Waals surface area contributed by atoms with Crippen molar-refractivity contribution in [2.45, 2.75) is 20.3 Å². The van der Waals surface area contributed by atoms with E-state index in [1.54, 1.807) is 37.3 Å². The minimum absolute atomic E-state index is 0.00424. The van der Waals surface area contributed by atoms with Gasteiger partial charge in [-0.05, 0) is 13.3 Å². The van der Waals surface area contributed by atoms with Gasteiger partial charge in [0.05, 0.1) is 6.61 Å². The molecule has 0 radical (unpaired) electrons. The lowest BCUT2D eigenvalue weighted by Gasteiger charge is -2.02. The van der Waals surface area contributed by atoms with E-state index in [2.05, 4.69) is 13.6 Å². The second-order valence-corrected chi connectivity index (χ2v) is 4.92. The first-order valence-corrected chi connectivity index (χ1v) is 6.95. The molecule has 0 fully saturated rings. The lowest BCUT2D eigenvalue weighted by Crippen LogP contribution is -2.09. The number of rotatable bonds is 6. The second-order valence-electron chi connectivity index (χ2n) is 3.72. The Hall–Kier alpha value is -1.91. The molecule has 6 nitrogen and oxygen atoms in total. The van der Waals surface area contributed by atoms with Crippen molar-refractivity contribution in [2.75, 3.05) is 6.61 Å². The smallest absolute Gasteiger partial charge is 0.246 e. The van der Waals surface area contributed by atoms with E-state index in [-0.39, 0.29) is 12.3 Å². The third-order valence-electron chi connectivity index (χ3n) is 2.08. The van der Waals surface area contributed by atoms with E-state index >= 15 is 0 Å². The monoisotopic (exact) mass is 282 g/mol. The summed E-state index contributed by atoms with van der Waals surface area (Å²) in [6, 6.07) is 8.64. The summed E-state index contributed by atoms with van der Waals surface area (Å²) in [5.74, 6) is 0. The van der Waals surface area contributed by atoms with Crippen LogP contribution in [0.4, 0.5) is 0 Å². The number of nitrogens with zero attached hydrogens (tertiary/aromatic N) is 2. The molecule has 0 aliphatic rings. The van der Waals surface area contributed by atoms with E-state index in [4.69, 9.17) is 5.26 Å². The highest BCUT2D eigenvalue weighted by atomic mass is 32.3. The second kappa shape index (κ2) is 6.87. The Bertz CT molecular complexity index is 585. The Morgan fingerprint density at radius 2 is 2.00 bits per heavy atom. The van der Waals surface area contributed by atoms with Gasteiger partial charge in [-0.1, -0.05) is 41.9 Å². The number of oxime groups is 1. The van der Waals surface area contributed by atoms with Gasteiger partial charge in [0, 0.05) is 5.56 Å². The van der Waals surface area contributed by atoms with Gasteiger partial charge in [0.25, 0.3) is 0 Å². The molecule has 1 aromatic rings. The van der Waals surface area contributed by atoms with Crippen LogP contribution in [-0.4, -0.2) is 20.7 Å². The Labute approximate surface area is 112 Å². The molecule has 0 saturated carbocycles. The van der Waals surface area contributed by atoms with Gasteiger partial charge < -0.3 is 0 Å². The zero-order chi connectivity index (χ0) is 14.3. The predicted octanol–water partition coefficient (Wildman–Crippen LogP) is 1.91. The summed E-state index contributed by atoms with van der Waals surface area (Å²) in [6.45, 7) is 3.66. The molecular formula is C12H14N2O4S. The minimum Gasteiger partial charge on any atom is -0.246 e. The Kier molecular flexibility index (Phi) is 5.48. The Morgan fingerprint density at radius 3 is 2.53 bits per heavy atom. The molecule has 0 saturated heterocycles. The maximum Gasteiger partial charge on any atom is 0.469 e. The van der Waals surface area contributed by atoms with Crippen LogP contribution in [0.3, 0.4) is 0 Å². The van der Waals surface area contributed by atoms with Crippen LogP contribution in [0.25, 0.3) is 0 Å². The molecule has 7 heteroatoms. The molecule has 0 N–H and O–H groups in total. The molecule has 0 amide bonds. The Balaban J connectivity index is 2.84. The fourth-order valence-electron chi connectivity index (χ4n) is 1.14. The van der Waals surface area contributed by atoms with Crippen LogP contribution in [0.1, 0.15) is 24.5 Å². The van der Waals surface area contributed by atoms with E-state index in [0.717, 1.165) is 5.56 Å². The fourth-order valence-corrected chi connectivity index (χ4v) is 1.72. The number of hydrogen-bond acceptors (Lipinski definition) is 6. The average Bonchev–Trinajstić information content (AvgIpc) is 2.39. The van der Waals surface area contributed by atoms with Gasteiger partial charge in [0.15, 0.2) is 5.71 Å². The van der Waals surface area contributed by atoms with Gasteiger partial charge in [-0.15, -0.1) is 0 Å². The Morgan fingerprint density at radius 1 is 1.37 bits per heavy atom. The van der Waals surface area contributed by atoms with Gasteiger partial charge >= 0.3 is 10.4 Å². The SMILES string of the molecule is CCCOS(=O)(=O)ON=C(C#N)c1ccc(C)cc1. The first-order valence-electron chi connectivity index (χ1n) is 5.61. The van der Waals surface area contributed by atoms with Gasteiger partial charge in [-0.3, -0.25) is 0 Å². The molecule has 102 valence electrons. The van der Waals surface area contributed by atoms with Crippen LogP contribution in [-0.2, 0) is 18.9 Å². The lowest BCUT2D eigenvalue weighted by molar-refractivity contribution is 0.222. The molecule has 1 aromatic carbocycles. The molecule has 0 heterocycles. The van der Waals surface area contributed by atoms with E-state index in [1.807, 2.05) is 6.92 Å². The third-order valence-corrected chi connectivity index (χ3v) is 2.79. The van der Waals surface area contributed by atoms with Gasteiger partial charge in [-0.2, -0.15) is 13.7 Å². The first-order chi connectivity index (χ1) is 8.98. The van der Waals surface area contributed by atoms with Crippen molar-refractivity contribution in [3.05, 3.63) is 35.4 Å². The summed E-state index contributed by atoms with van der Waals surface area (Å²) >= 11 is 0. The zero-order valence-electron chi connectivity index (χ0n) is 10.7. The number of hydrogen-bond donors (Lipinski definition) is 0. The van der Waals surface area contributed by atoms with E-state index in [1.165, 1.54) is 0 Å². The fraction of sp³-hybridized carbons (Fsp3) is 0.333. The third kappa shape index (κ3) is 5.07. The van der Waals surface area contributed by atoms with E-state index in [9.17, 15) is 8.42 Å². The van der Waals surface area contributed by atoms with Gasteiger partial charge in [0.1, 0.15) is 6.07 Å². The zero-order valence-corrected chi connectivity index (χ0v) is 11.5. The van der Waals surface area contributed by atoms with Crippen LogP contribution < -0.4 is 0 Å². The van der Waals surface area contributed by atoms with Gasteiger partial charge in [0.2, 0.25) is 0 Å². The predicted molar refractivity (Wildman–Crippen MR) is 69.6 cm³/mol. The summed E-state index contributed by atoms with van der Waals surface area (Å²) in [5.41, 5.74) is 1.35. The molecule has 0 atom stereocenters. The first kappa shape index (κ1) is 15.1. The van der Waals surface area contributed by atoms with Crippen molar-refractivity contribution in [3.63, 3.8) is 0 Å². The van der Waals surface area contributed by atoms with Crippen LogP contribution in [0, 0.1) is 18.3 Å². The van der Waals surface area contributed by atoms with Crippen molar-refractivity contribution in [1.29, 1.82) is 5.26 Å². The topological polar surface area (TPSA) is 88.8 Å². The van der Waals surface area contributed by atoms with Crippen molar-refractivity contribution < 1.29 is 16.9 Å². The quantitative estimate of drug-likeness (QED) is 0.587. The molecule has 0 aliphatic carbocycles. The van der Waals surface area contributed by atoms with Crippen LogP contribution in [0.15, 0.2) is 29.4 Å². The summed E-state index contributed by atoms with van der Waals surface area (Å²) in [7, 11) is -4.20. The molecule has 0 bridgehead atoms. The maximum absolute atomic E-state index is 11.2. The normalized spacial score (nSPS) is 11.9. The van der Waals surface area contributed by atoms with Crippen LogP contribution in [0.2, 0.25) is 0 Å². The minimum atomic E-state index is -4.20. The number of nitriles is 1. The summed E-state index contributed by atoms with van der Waals surface area (Å²) in [5, 5.41) is 12.2. The highest BCUT2D eigenvalue weighted by Gasteiger charge is 2.13. The average molecular weight is 282 g/mol. The molecule has 0 spiro atoms. The van der Waals surface area contributed by atoms with Crippen molar-refractivity contribution in [1.82, 2.24) is 0 Å². The summed E-state index contributed by atoms with van der Waals surface area (Å²) in [4.78, 5) is 0. The van der Waals surface area contributed by atoms with E-state index < -0.39 is 10.4 Å². The summed E-state index contributed by atoms with van der Waals surface area (Å²) < 4.78 is 31.2. The molecule has 19 heavy (non-hydrogen) atoms.